The van der Waals surface area contributed by atoms with E-state index in [2.05, 4.69) is 33.9 Å². The molecule has 41 heavy (non-hydrogen) atoms. The molecule has 0 radical (unpaired) electrons. The molecule has 0 unspecified atom stereocenters. The fraction of sp³-hybridized carbons (Fsp3) is 0.533. The molecule has 2 aliphatic heterocycles. The highest BCUT2D eigenvalue weighted by molar-refractivity contribution is 6.74. The number of rotatable bonds is 8. The van der Waals surface area contributed by atoms with Crippen LogP contribution in [0.5, 0.6) is 11.5 Å². The number of methoxy groups -OCH3 is 1. The highest BCUT2D eigenvalue weighted by Crippen LogP contribution is 2.43. The van der Waals surface area contributed by atoms with Crippen LogP contribution in [0.3, 0.4) is 0 Å². The summed E-state index contributed by atoms with van der Waals surface area (Å²) in [5, 5.41) is 21.8. The van der Waals surface area contributed by atoms with Crippen LogP contribution < -0.4 is 14.4 Å². The van der Waals surface area contributed by atoms with Crippen LogP contribution >= 0.6 is 11.6 Å². The molecule has 2 amide bonds. The summed E-state index contributed by atoms with van der Waals surface area (Å²) in [5.41, 5.74) is 0.942. The van der Waals surface area contributed by atoms with Crippen molar-refractivity contribution in [3.05, 3.63) is 52.5 Å². The molecule has 9 nitrogen and oxygen atoms in total. The number of fused-ring (bicyclic) bond motifs is 1. The Labute approximate surface area is 248 Å². The van der Waals surface area contributed by atoms with Crippen LogP contribution in [0.2, 0.25) is 23.2 Å². The lowest BCUT2D eigenvalue weighted by Gasteiger charge is -2.48. The maximum Gasteiger partial charge on any atom is 0.407 e. The molecule has 2 aliphatic rings. The lowest BCUT2D eigenvalue weighted by Crippen LogP contribution is -2.63. The number of benzene rings is 2. The van der Waals surface area contributed by atoms with E-state index in [1.807, 2.05) is 24.3 Å². The first-order chi connectivity index (χ1) is 19.1. The van der Waals surface area contributed by atoms with Crippen LogP contribution in [0.15, 0.2) is 36.4 Å². The zero-order valence-corrected chi connectivity index (χ0v) is 26.5. The molecule has 1 saturated heterocycles. The van der Waals surface area contributed by atoms with Gasteiger partial charge in [-0.3, -0.25) is 4.79 Å². The van der Waals surface area contributed by atoms with Crippen LogP contribution in [0, 0.1) is 0 Å². The van der Waals surface area contributed by atoms with Crippen molar-refractivity contribution >= 4 is 37.6 Å². The normalized spacial score (nSPS) is 21.5. The van der Waals surface area contributed by atoms with E-state index in [9.17, 15) is 19.8 Å². The van der Waals surface area contributed by atoms with Crippen molar-refractivity contribution in [3.63, 3.8) is 0 Å². The van der Waals surface area contributed by atoms with Crippen molar-refractivity contribution in [2.75, 3.05) is 31.7 Å². The molecule has 0 saturated carbocycles. The molecule has 2 aromatic rings. The third kappa shape index (κ3) is 6.66. The lowest BCUT2D eigenvalue weighted by molar-refractivity contribution is -0.126. The second kappa shape index (κ2) is 11.8. The van der Waals surface area contributed by atoms with Gasteiger partial charge in [0.25, 0.3) is 0 Å². The van der Waals surface area contributed by atoms with Gasteiger partial charge < -0.3 is 33.9 Å². The third-order valence-electron chi connectivity index (χ3n) is 8.64. The number of carboxylic acid groups (broad SMARTS) is 1. The van der Waals surface area contributed by atoms with Crippen molar-refractivity contribution in [2.45, 2.75) is 76.4 Å². The molecule has 224 valence electrons. The number of hydrogen-bond donors (Lipinski definition) is 2. The minimum Gasteiger partial charge on any atom is -0.497 e. The topological polar surface area (TPSA) is 109 Å². The molecule has 2 aromatic carbocycles. The van der Waals surface area contributed by atoms with Gasteiger partial charge in [-0.2, -0.15) is 0 Å². The lowest BCUT2D eigenvalue weighted by atomic mass is 9.89. The monoisotopic (exact) mass is 604 g/mol. The van der Waals surface area contributed by atoms with E-state index in [0.29, 0.717) is 35.8 Å². The van der Waals surface area contributed by atoms with Gasteiger partial charge in [0.1, 0.15) is 23.7 Å². The number of aliphatic hydroxyl groups is 1. The van der Waals surface area contributed by atoms with Gasteiger partial charge in [-0.1, -0.05) is 44.5 Å². The number of carbonyl (C=O) groups excluding carboxylic acids is 1. The SMILES string of the molecule is COc1ccc(CN2C(=O)CCc3c(OC[C@@]4(O)CCN(C(=O)O)C[C@@H]4O[Si](C)(C)C(C)(C)C)ccc(Cl)c32)cc1. The van der Waals surface area contributed by atoms with Gasteiger partial charge in [0.05, 0.1) is 37.0 Å². The van der Waals surface area contributed by atoms with Crippen molar-refractivity contribution in [2.24, 2.45) is 0 Å². The Kier molecular flexibility index (Phi) is 8.99. The Hall–Kier alpha value is -2.79. The van der Waals surface area contributed by atoms with Gasteiger partial charge in [-0.05, 0) is 60.8 Å². The number of piperidine rings is 1. The van der Waals surface area contributed by atoms with Gasteiger partial charge in [0.2, 0.25) is 5.91 Å². The summed E-state index contributed by atoms with van der Waals surface area (Å²) in [7, 11) is -0.744. The van der Waals surface area contributed by atoms with Crippen molar-refractivity contribution in [1.82, 2.24) is 4.90 Å². The first-order valence-electron chi connectivity index (χ1n) is 13.9. The molecule has 4 rings (SSSR count). The molecular formula is C30H41ClN2O7Si. The summed E-state index contributed by atoms with van der Waals surface area (Å²) in [4.78, 5) is 27.8. The minimum absolute atomic E-state index is 0.0325. The van der Waals surface area contributed by atoms with Crippen molar-refractivity contribution in [3.8, 4) is 11.5 Å². The van der Waals surface area contributed by atoms with E-state index in [1.165, 1.54) is 4.90 Å². The summed E-state index contributed by atoms with van der Waals surface area (Å²) < 4.78 is 18.1. The fourth-order valence-electron chi connectivity index (χ4n) is 5.00. The van der Waals surface area contributed by atoms with Gasteiger partial charge in [-0.25, -0.2) is 4.79 Å². The molecular weight excluding hydrogens is 564 g/mol. The van der Waals surface area contributed by atoms with Gasteiger partial charge in [0, 0.05) is 18.5 Å². The minimum atomic E-state index is -2.35. The highest BCUT2D eigenvalue weighted by atomic mass is 35.5. The van der Waals surface area contributed by atoms with Crippen LogP contribution in [-0.4, -0.2) is 73.9 Å². The quantitative estimate of drug-likeness (QED) is 0.371. The molecule has 2 atom stereocenters. The zero-order valence-electron chi connectivity index (χ0n) is 24.7. The Balaban J connectivity index is 1.59. The number of anilines is 1. The largest absolute Gasteiger partial charge is 0.497 e. The Bertz CT molecular complexity index is 1280. The van der Waals surface area contributed by atoms with Gasteiger partial charge in [0.15, 0.2) is 8.32 Å². The van der Waals surface area contributed by atoms with Crippen LogP contribution in [-0.2, 0) is 22.2 Å². The van der Waals surface area contributed by atoms with E-state index < -0.39 is 26.1 Å². The van der Waals surface area contributed by atoms with E-state index >= 15 is 0 Å². The first-order valence-corrected chi connectivity index (χ1v) is 17.2. The summed E-state index contributed by atoms with van der Waals surface area (Å²) in [6.45, 7) is 11.0. The predicted octanol–water partition coefficient (Wildman–Crippen LogP) is 5.71. The highest BCUT2D eigenvalue weighted by Gasteiger charge is 2.49. The van der Waals surface area contributed by atoms with Crippen LogP contribution in [0.1, 0.15) is 44.7 Å². The van der Waals surface area contributed by atoms with E-state index in [0.717, 1.165) is 16.9 Å². The molecule has 11 heteroatoms. The summed E-state index contributed by atoms with van der Waals surface area (Å²) in [5.74, 6) is 1.24. The van der Waals surface area contributed by atoms with E-state index in [1.54, 1.807) is 24.1 Å². The van der Waals surface area contributed by atoms with Gasteiger partial charge in [-0.15, -0.1) is 0 Å². The average Bonchev–Trinajstić information content (AvgIpc) is 2.90. The van der Waals surface area contributed by atoms with Crippen LogP contribution in [0.25, 0.3) is 0 Å². The number of halogens is 1. The van der Waals surface area contributed by atoms with Crippen LogP contribution in [0.4, 0.5) is 10.5 Å². The van der Waals surface area contributed by atoms with Gasteiger partial charge >= 0.3 is 6.09 Å². The second-order valence-corrected chi connectivity index (χ2v) is 17.6. The first kappa shape index (κ1) is 31.1. The number of likely N-dealkylation sites (tertiary alicyclic amines) is 1. The smallest absolute Gasteiger partial charge is 0.407 e. The molecule has 0 spiro atoms. The second-order valence-electron chi connectivity index (χ2n) is 12.4. The molecule has 1 fully saturated rings. The molecule has 0 aromatic heterocycles. The summed E-state index contributed by atoms with van der Waals surface area (Å²) >= 11 is 6.65. The van der Waals surface area contributed by atoms with Crippen molar-refractivity contribution in [1.29, 1.82) is 0 Å². The number of carbonyl (C=O) groups is 2. The predicted molar refractivity (Wildman–Crippen MR) is 161 cm³/mol. The number of hydrogen-bond acceptors (Lipinski definition) is 6. The maximum absolute atomic E-state index is 13.0. The fourth-order valence-corrected chi connectivity index (χ4v) is 6.64. The molecule has 2 N–H and O–H groups in total. The number of ether oxygens (including phenoxy) is 2. The Morgan fingerprint density at radius 2 is 1.83 bits per heavy atom. The molecule has 2 heterocycles. The summed E-state index contributed by atoms with van der Waals surface area (Å²) in [6, 6.07) is 11.0. The summed E-state index contributed by atoms with van der Waals surface area (Å²) in [6.07, 6.45) is -0.849. The standard InChI is InChI=1S/C30H41ClN2O7Si/c1-29(2,3)41(5,6)40-25-18-32(28(35)36)16-15-30(25,37)19-39-24-13-12-23(31)27-22(24)11-14-26(34)33(27)17-20-7-9-21(38-4)10-8-20/h7-10,12-13,25,37H,11,14-19H2,1-6H3,(H,35,36)/t25-,30-/m0/s1. The van der Waals surface area contributed by atoms with E-state index in [4.69, 9.17) is 25.5 Å². The maximum atomic E-state index is 13.0. The number of amides is 2. The van der Waals surface area contributed by atoms with E-state index in [-0.39, 0.29) is 37.1 Å². The zero-order chi connectivity index (χ0) is 30.2. The molecule has 0 aliphatic carbocycles. The number of nitrogens with zero attached hydrogens (tertiary/aromatic N) is 2. The Morgan fingerprint density at radius 1 is 1.15 bits per heavy atom. The van der Waals surface area contributed by atoms with Crippen molar-refractivity contribution < 1.29 is 33.7 Å². The average molecular weight is 605 g/mol. The molecule has 0 bridgehead atoms. The third-order valence-corrected chi connectivity index (χ3v) is 13.4. The Morgan fingerprint density at radius 3 is 2.44 bits per heavy atom.